The van der Waals surface area contributed by atoms with Crippen LogP contribution in [-0.4, -0.2) is 11.3 Å². The Hall–Kier alpha value is -2.17. The minimum Gasteiger partial charge on any atom is -0.399 e. The molecule has 0 aliphatic heterocycles. The lowest BCUT2D eigenvalue weighted by molar-refractivity contribution is -0.275. The summed E-state index contributed by atoms with van der Waals surface area (Å²) in [6.07, 6.45) is -5.03. The molecule has 1 heterocycles. The number of hydrogen-bond donors (Lipinski definition) is 2. The van der Waals surface area contributed by atoms with Crippen molar-refractivity contribution in [2.45, 2.75) is 6.36 Å². The highest BCUT2D eigenvalue weighted by atomic mass is 19.4. The van der Waals surface area contributed by atoms with Crippen LogP contribution < -0.4 is 15.9 Å². The van der Waals surface area contributed by atoms with Gasteiger partial charge in [0.05, 0.1) is 0 Å². The minimum atomic E-state index is -5.03. The van der Waals surface area contributed by atoms with Gasteiger partial charge in [0.25, 0.3) is 0 Å². The quantitative estimate of drug-likeness (QED) is 0.728. The number of nitrogens with two attached hydrogens (primary N) is 1. The van der Waals surface area contributed by atoms with E-state index < -0.39 is 23.2 Å². The Morgan fingerprint density at radius 3 is 2.60 bits per heavy atom. The van der Waals surface area contributed by atoms with Crippen LogP contribution in [0.4, 0.5) is 19.0 Å². The number of rotatable bonds is 1. The highest BCUT2D eigenvalue weighted by Gasteiger charge is 2.33. The summed E-state index contributed by atoms with van der Waals surface area (Å²) in [5.74, 6) is -1.33. The normalized spacial score (nSPS) is 10.8. The number of aromatic nitrogens is 1. The summed E-state index contributed by atoms with van der Waals surface area (Å²) in [7, 11) is 0. The summed E-state index contributed by atoms with van der Waals surface area (Å²) < 4.78 is 38.9. The lowest BCUT2D eigenvalue weighted by Crippen LogP contribution is -2.23. The maximum atomic E-state index is 11.8. The third-order valence-corrected chi connectivity index (χ3v) is 1.34. The van der Waals surface area contributed by atoms with Gasteiger partial charge in [0.2, 0.25) is 11.2 Å². The fourth-order valence-electron chi connectivity index (χ4n) is 0.863. The van der Waals surface area contributed by atoms with Crippen molar-refractivity contribution in [2.75, 3.05) is 5.73 Å². The molecule has 0 bridgehead atoms. The molecule has 80 valence electrons. The third kappa shape index (κ3) is 2.63. The molecule has 1 rings (SSSR count). The molecule has 0 spiro atoms. The molecule has 0 aromatic carbocycles. The van der Waals surface area contributed by atoms with E-state index in [1.54, 1.807) is 0 Å². The first-order valence-corrected chi connectivity index (χ1v) is 3.52. The molecule has 0 amide bonds. The maximum absolute atomic E-state index is 11.8. The lowest BCUT2D eigenvalue weighted by atomic mass is 10.3. The summed E-state index contributed by atoms with van der Waals surface area (Å²) >= 11 is 0. The summed E-state index contributed by atoms with van der Waals surface area (Å²) in [5.41, 5.74) is 3.34. The van der Waals surface area contributed by atoms with E-state index in [1.807, 2.05) is 0 Å². The van der Waals surface area contributed by atoms with E-state index in [-0.39, 0.29) is 5.82 Å². The lowest BCUT2D eigenvalue weighted by Gasteiger charge is -2.09. The molecule has 1 aromatic heterocycles. The first-order chi connectivity index (χ1) is 6.83. The first-order valence-electron chi connectivity index (χ1n) is 3.52. The van der Waals surface area contributed by atoms with E-state index in [2.05, 4.69) is 9.72 Å². The summed E-state index contributed by atoms with van der Waals surface area (Å²) in [4.78, 5) is 13.1. The monoisotopic (exact) mass is 219 g/mol. The van der Waals surface area contributed by atoms with E-state index in [1.165, 1.54) is 6.07 Å². The number of hydrogen-bond acceptors (Lipinski definition) is 4. The molecule has 1 aromatic rings. The number of ether oxygens (including phenoxy) is 1. The maximum Gasteiger partial charge on any atom is 0.573 e. The van der Waals surface area contributed by atoms with Crippen LogP contribution >= 0.6 is 0 Å². The fourth-order valence-corrected chi connectivity index (χ4v) is 0.863. The fraction of sp³-hybridized carbons (Fsp3) is 0.143. The number of nitrogens with one attached hydrogen (secondary N) is 1. The van der Waals surface area contributed by atoms with Crippen LogP contribution in [0.3, 0.4) is 0 Å². The number of nitrogens with zero attached hydrogens (tertiary/aromatic N) is 1. The second-order valence-corrected chi connectivity index (χ2v) is 2.45. The largest absolute Gasteiger partial charge is 0.573 e. The number of pyridine rings is 1. The van der Waals surface area contributed by atoms with Gasteiger partial charge >= 0.3 is 6.36 Å². The highest BCUT2D eigenvalue weighted by Crippen LogP contribution is 2.22. The highest BCUT2D eigenvalue weighted by molar-refractivity contribution is 5.44. The van der Waals surface area contributed by atoms with Gasteiger partial charge < -0.3 is 15.5 Å². The Morgan fingerprint density at radius 2 is 2.13 bits per heavy atom. The van der Waals surface area contributed by atoms with Gasteiger partial charge in [0.1, 0.15) is 11.9 Å². The number of nitrogen functional groups attached to an aromatic ring is 1. The molecule has 8 heteroatoms. The minimum absolute atomic E-state index is 0.217. The Labute approximate surface area is 80.9 Å². The van der Waals surface area contributed by atoms with Crippen LogP contribution in [0.5, 0.6) is 5.75 Å². The van der Waals surface area contributed by atoms with Crippen molar-refractivity contribution < 1.29 is 17.9 Å². The predicted molar refractivity (Wildman–Crippen MR) is 42.9 cm³/mol. The van der Waals surface area contributed by atoms with Crippen LogP contribution in [0.2, 0.25) is 0 Å². The Kier molecular flexibility index (Phi) is 2.57. The molecule has 0 aliphatic rings. The first kappa shape index (κ1) is 10.9. The van der Waals surface area contributed by atoms with Gasteiger partial charge in [-0.2, -0.15) is 5.26 Å². The van der Waals surface area contributed by atoms with Crippen molar-refractivity contribution in [1.29, 1.82) is 5.26 Å². The van der Waals surface area contributed by atoms with E-state index in [9.17, 15) is 18.0 Å². The SMILES string of the molecule is N#Cc1[nH]c(N)cc(=O)c1OC(F)(F)F. The molecule has 0 saturated carbocycles. The zero-order valence-electron chi connectivity index (χ0n) is 7.05. The summed E-state index contributed by atoms with van der Waals surface area (Å²) in [6.45, 7) is 0. The topological polar surface area (TPSA) is 91.9 Å². The van der Waals surface area contributed by atoms with E-state index >= 15 is 0 Å². The average molecular weight is 219 g/mol. The van der Waals surface area contributed by atoms with Crippen LogP contribution in [0.25, 0.3) is 0 Å². The van der Waals surface area contributed by atoms with Gasteiger partial charge in [-0.1, -0.05) is 0 Å². The van der Waals surface area contributed by atoms with Crippen molar-refractivity contribution in [2.24, 2.45) is 0 Å². The number of nitriles is 1. The number of alkyl halides is 3. The van der Waals surface area contributed by atoms with E-state index in [0.717, 1.165) is 0 Å². The third-order valence-electron chi connectivity index (χ3n) is 1.34. The number of aromatic amines is 1. The van der Waals surface area contributed by atoms with Gasteiger partial charge in [-0.05, 0) is 0 Å². The zero-order chi connectivity index (χ0) is 11.6. The molecule has 5 nitrogen and oxygen atoms in total. The Balaban J connectivity index is 3.30. The molecular formula is C7H4F3N3O2. The predicted octanol–water partition coefficient (Wildman–Crippen LogP) is 0.727. The number of H-pyrrole nitrogens is 1. The summed E-state index contributed by atoms with van der Waals surface area (Å²) in [6, 6.07) is 2.04. The molecule has 0 aliphatic carbocycles. The van der Waals surface area contributed by atoms with E-state index in [4.69, 9.17) is 11.0 Å². The second-order valence-electron chi connectivity index (χ2n) is 2.45. The molecule has 0 saturated heterocycles. The smallest absolute Gasteiger partial charge is 0.399 e. The van der Waals surface area contributed by atoms with Gasteiger partial charge in [0.15, 0.2) is 5.69 Å². The molecule has 0 unspecified atom stereocenters. The molecule has 15 heavy (non-hydrogen) atoms. The van der Waals surface area contributed by atoms with Crippen molar-refractivity contribution in [3.05, 3.63) is 22.0 Å². The summed E-state index contributed by atoms with van der Waals surface area (Å²) in [5, 5.41) is 8.44. The molecule has 0 radical (unpaired) electrons. The molecule has 3 N–H and O–H groups in total. The van der Waals surface area contributed by atoms with Gasteiger partial charge in [-0.25, -0.2) is 0 Å². The standard InChI is InChI=1S/C7H4F3N3O2/c8-7(9,10)15-6-3(2-11)13-5(12)1-4(6)14/h1H,(H3,12,13,14). The average Bonchev–Trinajstić information content (AvgIpc) is 2.07. The Morgan fingerprint density at radius 1 is 1.53 bits per heavy atom. The number of halogens is 3. The number of anilines is 1. The molecule has 0 fully saturated rings. The van der Waals surface area contributed by atoms with Gasteiger partial charge in [-0.3, -0.25) is 4.79 Å². The van der Waals surface area contributed by atoms with Crippen molar-refractivity contribution in [3.8, 4) is 11.8 Å². The Bertz CT molecular complexity index is 472. The van der Waals surface area contributed by atoms with Crippen LogP contribution in [0.1, 0.15) is 5.69 Å². The second kappa shape index (κ2) is 3.53. The van der Waals surface area contributed by atoms with Crippen LogP contribution in [0, 0.1) is 11.3 Å². The van der Waals surface area contributed by atoms with Crippen molar-refractivity contribution in [1.82, 2.24) is 4.98 Å². The zero-order valence-corrected chi connectivity index (χ0v) is 7.05. The van der Waals surface area contributed by atoms with Crippen LogP contribution in [0.15, 0.2) is 10.9 Å². The van der Waals surface area contributed by atoms with Gasteiger partial charge in [-0.15, -0.1) is 13.2 Å². The van der Waals surface area contributed by atoms with Crippen LogP contribution in [-0.2, 0) is 0 Å². The van der Waals surface area contributed by atoms with Gasteiger partial charge in [0, 0.05) is 6.07 Å². The molecule has 0 atom stereocenters. The van der Waals surface area contributed by atoms with Crippen molar-refractivity contribution >= 4 is 5.82 Å². The van der Waals surface area contributed by atoms with E-state index in [0.29, 0.717) is 6.07 Å². The van der Waals surface area contributed by atoms with Crippen molar-refractivity contribution in [3.63, 3.8) is 0 Å². The molecular weight excluding hydrogens is 215 g/mol.